The number of methoxy groups -OCH3 is 2. The molecule has 0 aliphatic carbocycles. The molecule has 244 valence electrons. The Morgan fingerprint density at radius 3 is 2.24 bits per heavy atom. The van der Waals surface area contributed by atoms with Crippen LogP contribution in [0.4, 0.5) is 10.5 Å². The van der Waals surface area contributed by atoms with Gasteiger partial charge in [-0.15, -0.1) is 0 Å². The summed E-state index contributed by atoms with van der Waals surface area (Å²) in [5.74, 6) is 0.312. The predicted octanol–water partition coefficient (Wildman–Crippen LogP) is 3.82. The number of carbonyl (C=O) groups excluding carboxylic acids is 2. The SMILES string of the molecule is COC(=O)NC(Cc1ccccc1-c1ccc(OC)cc1)C(=O)NCCCC(CO)N(CC(C)C)S(=O)(=O)c1ccc(N)cc1. The van der Waals surface area contributed by atoms with Gasteiger partial charge in [0.2, 0.25) is 15.9 Å². The number of aliphatic hydroxyl groups excluding tert-OH is 1. The van der Waals surface area contributed by atoms with E-state index in [0.29, 0.717) is 18.5 Å². The summed E-state index contributed by atoms with van der Waals surface area (Å²) in [6.45, 7) is 3.83. The normalized spacial score (nSPS) is 12.9. The first kappa shape index (κ1) is 35.4. The molecule has 3 aromatic rings. The zero-order valence-corrected chi connectivity index (χ0v) is 27.0. The molecule has 0 aliphatic rings. The number of hydrogen-bond acceptors (Lipinski definition) is 8. The van der Waals surface area contributed by atoms with Crippen molar-refractivity contribution in [3.05, 3.63) is 78.4 Å². The maximum Gasteiger partial charge on any atom is 0.407 e. The molecule has 0 spiro atoms. The molecule has 0 saturated carbocycles. The monoisotopic (exact) mass is 640 g/mol. The maximum atomic E-state index is 13.5. The standard InChI is InChI=1S/C33H44N4O7S/c1-23(2)21-37(45(41,42)29-17-13-26(34)14-18-29)27(22-38)9-7-19-35-32(39)31(36-33(40)44-4)20-25-8-5-6-10-30(25)24-11-15-28(43-3)16-12-24/h5-6,8,10-18,23,27,31,38H,7,9,19-22,34H2,1-4H3,(H,35,39)(H,36,40). The number of nitrogen functional groups attached to an aromatic ring is 1. The molecule has 0 saturated heterocycles. The number of carbonyl (C=O) groups is 2. The van der Waals surface area contributed by atoms with Crippen molar-refractivity contribution in [2.24, 2.45) is 5.92 Å². The third-order valence-electron chi connectivity index (χ3n) is 7.30. The zero-order valence-electron chi connectivity index (χ0n) is 26.2. The number of nitrogens with two attached hydrogens (primary N) is 1. The molecule has 12 heteroatoms. The maximum absolute atomic E-state index is 13.5. The topological polar surface area (TPSA) is 160 Å². The van der Waals surface area contributed by atoms with Crippen molar-refractivity contribution in [1.82, 2.24) is 14.9 Å². The van der Waals surface area contributed by atoms with Gasteiger partial charge < -0.3 is 30.9 Å². The van der Waals surface area contributed by atoms with Crippen molar-refractivity contribution in [2.45, 2.75) is 50.1 Å². The summed E-state index contributed by atoms with van der Waals surface area (Å²) in [4.78, 5) is 25.6. The fraction of sp³-hybridized carbons (Fsp3) is 0.394. The van der Waals surface area contributed by atoms with E-state index in [0.717, 1.165) is 22.4 Å². The molecular formula is C33H44N4O7S. The first-order valence-electron chi connectivity index (χ1n) is 14.8. The zero-order chi connectivity index (χ0) is 33.0. The lowest BCUT2D eigenvalue weighted by Crippen LogP contribution is -2.48. The molecule has 11 nitrogen and oxygen atoms in total. The first-order valence-corrected chi connectivity index (χ1v) is 16.3. The summed E-state index contributed by atoms with van der Waals surface area (Å²) in [7, 11) is -1.09. The highest BCUT2D eigenvalue weighted by Crippen LogP contribution is 2.27. The van der Waals surface area contributed by atoms with E-state index >= 15 is 0 Å². The van der Waals surface area contributed by atoms with E-state index in [4.69, 9.17) is 15.2 Å². The largest absolute Gasteiger partial charge is 0.497 e. The van der Waals surface area contributed by atoms with E-state index in [1.54, 1.807) is 7.11 Å². The minimum Gasteiger partial charge on any atom is -0.497 e. The van der Waals surface area contributed by atoms with Crippen molar-refractivity contribution in [2.75, 3.05) is 39.6 Å². The van der Waals surface area contributed by atoms with Gasteiger partial charge in [0.1, 0.15) is 11.8 Å². The number of alkyl carbamates (subject to hydrolysis) is 1. The predicted molar refractivity (Wildman–Crippen MR) is 174 cm³/mol. The molecular weight excluding hydrogens is 596 g/mol. The summed E-state index contributed by atoms with van der Waals surface area (Å²) in [5, 5.41) is 15.7. The van der Waals surface area contributed by atoms with Gasteiger partial charge in [-0.05, 0) is 71.8 Å². The number of rotatable bonds is 16. The molecule has 0 heterocycles. The van der Waals surface area contributed by atoms with Crippen LogP contribution in [0.3, 0.4) is 0 Å². The fourth-order valence-electron chi connectivity index (χ4n) is 4.96. The van der Waals surface area contributed by atoms with Gasteiger partial charge in [0, 0.05) is 31.2 Å². The van der Waals surface area contributed by atoms with Crippen LogP contribution in [-0.2, 0) is 26.0 Å². The highest BCUT2D eigenvalue weighted by Gasteiger charge is 2.32. The number of benzene rings is 3. The van der Waals surface area contributed by atoms with E-state index in [2.05, 4.69) is 10.6 Å². The lowest BCUT2D eigenvalue weighted by Gasteiger charge is -2.31. The summed E-state index contributed by atoms with van der Waals surface area (Å²) >= 11 is 0. The fourth-order valence-corrected chi connectivity index (χ4v) is 6.77. The van der Waals surface area contributed by atoms with Crippen molar-refractivity contribution in [3.8, 4) is 16.9 Å². The molecule has 0 aromatic heterocycles. The van der Waals surface area contributed by atoms with Crippen LogP contribution in [0.1, 0.15) is 32.3 Å². The van der Waals surface area contributed by atoms with Gasteiger partial charge in [0.25, 0.3) is 0 Å². The Bertz CT molecular complexity index is 1500. The van der Waals surface area contributed by atoms with Gasteiger partial charge in [-0.25, -0.2) is 13.2 Å². The van der Waals surface area contributed by atoms with Gasteiger partial charge in [0.05, 0.1) is 25.7 Å². The van der Waals surface area contributed by atoms with Gasteiger partial charge in [-0.2, -0.15) is 4.31 Å². The number of nitrogens with zero attached hydrogens (tertiary/aromatic N) is 1. The van der Waals surface area contributed by atoms with Crippen molar-refractivity contribution in [1.29, 1.82) is 0 Å². The highest BCUT2D eigenvalue weighted by molar-refractivity contribution is 7.89. The van der Waals surface area contributed by atoms with Gasteiger partial charge in [0.15, 0.2) is 0 Å². The molecule has 45 heavy (non-hydrogen) atoms. The average Bonchev–Trinajstić information content (AvgIpc) is 3.03. The number of ether oxygens (including phenoxy) is 2. The van der Waals surface area contributed by atoms with Crippen LogP contribution in [0.5, 0.6) is 5.75 Å². The summed E-state index contributed by atoms with van der Waals surface area (Å²) in [5.41, 5.74) is 8.87. The van der Waals surface area contributed by atoms with E-state index in [9.17, 15) is 23.1 Å². The van der Waals surface area contributed by atoms with E-state index in [1.807, 2.05) is 62.4 Å². The second kappa shape index (κ2) is 16.8. The minimum absolute atomic E-state index is 0.00764. The molecule has 2 amide bonds. The second-order valence-electron chi connectivity index (χ2n) is 11.1. The number of sulfonamides is 1. The quantitative estimate of drug-likeness (QED) is 0.136. The van der Waals surface area contributed by atoms with E-state index in [-0.39, 0.29) is 36.9 Å². The Morgan fingerprint density at radius 1 is 0.978 bits per heavy atom. The van der Waals surface area contributed by atoms with Crippen molar-refractivity contribution >= 4 is 27.7 Å². The average molecular weight is 641 g/mol. The molecule has 3 rings (SSSR count). The van der Waals surface area contributed by atoms with Crippen LogP contribution in [0.2, 0.25) is 0 Å². The molecule has 5 N–H and O–H groups in total. The van der Waals surface area contributed by atoms with Crippen LogP contribution in [0.25, 0.3) is 11.1 Å². The molecule has 0 aliphatic heterocycles. The Kier molecular flexibility index (Phi) is 13.2. The molecule has 3 aromatic carbocycles. The van der Waals surface area contributed by atoms with Crippen LogP contribution in [-0.4, -0.2) is 75.8 Å². The molecule has 2 unspecified atom stereocenters. The van der Waals surface area contributed by atoms with Crippen LogP contribution in [0.15, 0.2) is 77.7 Å². The molecule has 0 bridgehead atoms. The summed E-state index contributed by atoms with van der Waals surface area (Å²) < 4.78 is 38.4. The Labute approximate surface area is 265 Å². The number of hydrogen-bond donors (Lipinski definition) is 4. The van der Waals surface area contributed by atoms with Crippen LogP contribution in [0, 0.1) is 5.92 Å². The third kappa shape index (κ3) is 9.93. The second-order valence-corrected chi connectivity index (χ2v) is 13.0. The highest BCUT2D eigenvalue weighted by atomic mass is 32.2. The summed E-state index contributed by atoms with van der Waals surface area (Å²) in [6.07, 6.45) is 0.142. The van der Waals surface area contributed by atoms with Crippen molar-refractivity contribution < 1.29 is 32.6 Å². The number of nitrogens with one attached hydrogen (secondary N) is 2. The number of amides is 2. The van der Waals surface area contributed by atoms with E-state index in [1.165, 1.54) is 35.7 Å². The smallest absolute Gasteiger partial charge is 0.407 e. The van der Waals surface area contributed by atoms with Crippen LogP contribution >= 0.6 is 0 Å². The van der Waals surface area contributed by atoms with E-state index < -0.39 is 34.1 Å². The molecule has 2 atom stereocenters. The summed E-state index contributed by atoms with van der Waals surface area (Å²) in [6, 6.07) is 19.5. The van der Waals surface area contributed by atoms with Crippen LogP contribution < -0.4 is 21.1 Å². The molecule has 0 radical (unpaired) electrons. The number of aliphatic hydroxyl groups is 1. The Balaban J connectivity index is 1.71. The number of anilines is 1. The lowest BCUT2D eigenvalue weighted by atomic mass is 9.94. The third-order valence-corrected chi connectivity index (χ3v) is 9.23. The van der Waals surface area contributed by atoms with Gasteiger partial charge >= 0.3 is 6.09 Å². The first-order chi connectivity index (χ1) is 21.5. The lowest BCUT2D eigenvalue weighted by molar-refractivity contribution is -0.123. The van der Waals surface area contributed by atoms with Gasteiger partial charge in [-0.1, -0.05) is 50.2 Å². The van der Waals surface area contributed by atoms with Crippen molar-refractivity contribution in [3.63, 3.8) is 0 Å². The Morgan fingerprint density at radius 2 is 1.64 bits per heavy atom. The Hall–Kier alpha value is -4.13. The van der Waals surface area contributed by atoms with Gasteiger partial charge in [-0.3, -0.25) is 4.79 Å². The molecule has 0 fully saturated rings. The minimum atomic E-state index is -3.91.